The molecule has 0 saturated carbocycles. The molecular formula is C28H29BN2O2. The van der Waals surface area contributed by atoms with Crippen LogP contribution in [0.2, 0.25) is 0 Å². The molecule has 1 N–H and O–H groups in total. The number of pyridine rings is 1. The van der Waals surface area contributed by atoms with Gasteiger partial charge in [0.15, 0.2) is 0 Å². The number of aromatic nitrogens is 1. The van der Waals surface area contributed by atoms with E-state index in [0.29, 0.717) is 24.3 Å². The number of benzene rings is 3. The zero-order valence-electron chi connectivity index (χ0n) is 19.4. The van der Waals surface area contributed by atoms with Crippen LogP contribution in [-0.2, 0) is 5.60 Å². The quantitative estimate of drug-likeness (QED) is 0.424. The van der Waals surface area contributed by atoms with Crippen LogP contribution in [0.5, 0.6) is 5.88 Å². The van der Waals surface area contributed by atoms with Crippen molar-refractivity contribution >= 4 is 24.1 Å². The highest BCUT2D eigenvalue weighted by Crippen LogP contribution is 2.48. The Hall–Kier alpha value is -3.15. The Morgan fingerprint density at radius 2 is 1.70 bits per heavy atom. The average Bonchev–Trinajstić information content (AvgIpc) is 2.83. The Morgan fingerprint density at radius 1 is 1.00 bits per heavy atom. The molecule has 166 valence electrons. The van der Waals surface area contributed by atoms with Crippen LogP contribution in [-0.4, -0.2) is 50.6 Å². The summed E-state index contributed by atoms with van der Waals surface area (Å²) in [4.78, 5) is 6.53. The van der Waals surface area contributed by atoms with Crippen molar-refractivity contribution in [2.24, 2.45) is 0 Å². The molecule has 0 aliphatic rings. The van der Waals surface area contributed by atoms with Gasteiger partial charge in [0.05, 0.1) is 7.11 Å². The summed E-state index contributed by atoms with van der Waals surface area (Å²) >= 11 is 0. The van der Waals surface area contributed by atoms with Crippen LogP contribution in [0, 0.1) is 0 Å². The van der Waals surface area contributed by atoms with Gasteiger partial charge in [0.1, 0.15) is 13.4 Å². The molecule has 4 rings (SSSR count). The maximum Gasteiger partial charge on any atom is 0.216 e. The summed E-state index contributed by atoms with van der Waals surface area (Å²) in [6, 6.07) is 26.2. The van der Waals surface area contributed by atoms with E-state index in [1.165, 1.54) is 0 Å². The van der Waals surface area contributed by atoms with E-state index in [-0.39, 0.29) is 0 Å². The van der Waals surface area contributed by atoms with E-state index in [1.54, 1.807) is 13.3 Å². The number of rotatable bonds is 8. The van der Waals surface area contributed by atoms with Crippen molar-refractivity contribution < 1.29 is 9.84 Å². The molecule has 0 spiro atoms. The minimum absolute atomic E-state index is 0.449. The van der Waals surface area contributed by atoms with Gasteiger partial charge in [-0.2, -0.15) is 0 Å². The molecule has 2 atom stereocenters. The minimum Gasteiger partial charge on any atom is -0.481 e. The van der Waals surface area contributed by atoms with Gasteiger partial charge in [0.25, 0.3) is 0 Å². The fourth-order valence-corrected chi connectivity index (χ4v) is 4.65. The molecule has 33 heavy (non-hydrogen) atoms. The van der Waals surface area contributed by atoms with E-state index in [9.17, 15) is 5.11 Å². The second kappa shape index (κ2) is 9.78. The maximum atomic E-state index is 12.8. The van der Waals surface area contributed by atoms with E-state index >= 15 is 0 Å². The summed E-state index contributed by atoms with van der Waals surface area (Å²) < 4.78 is 5.66. The normalized spacial score (nSPS) is 14.2. The van der Waals surface area contributed by atoms with Gasteiger partial charge >= 0.3 is 0 Å². The van der Waals surface area contributed by atoms with Crippen molar-refractivity contribution in [2.45, 2.75) is 17.9 Å². The van der Waals surface area contributed by atoms with Crippen LogP contribution in [0.25, 0.3) is 10.8 Å². The topological polar surface area (TPSA) is 45.6 Å². The Kier molecular flexibility index (Phi) is 6.82. The molecule has 2 unspecified atom stereocenters. The van der Waals surface area contributed by atoms with Gasteiger partial charge in [-0.05, 0) is 42.4 Å². The highest BCUT2D eigenvalue weighted by Gasteiger charge is 2.43. The first-order valence-corrected chi connectivity index (χ1v) is 11.1. The number of fused-ring (bicyclic) bond motifs is 1. The number of hydrogen-bond donors (Lipinski definition) is 1. The zero-order chi connectivity index (χ0) is 23.4. The van der Waals surface area contributed by atoms with Crippen molar-refractivity contribution in [2.75, 3.05) is 27.7 Å². The molecule has 3 aromatic carbocycles. The Labute approximate surface area is 197 Å². The largest absolute Gasteiger partial charge is 0.481 e. The molecule has 0 amide bonds. The van der Waals surface area contributed by atoms with Crippen LogP contribution < -0.4 is 10.2 Å². The number of ether oxygens (including phenoxy) is 1. The third-order valence-corrected chi connectivity index (χ3v) is 6.21. The molecular weight excluding hydrogens is 407 g/mol. The highest BCUT2D eigenvalue weighted by molar-refractivity contribution is 6.32. The molecule has 2 radical (unpaired) electrons. The first kappa shape index (κ1) is 23.0. The van der Waals surface area contributed by atoms with Gasteiger partial charge in [0.2, 0.25) is 5.88 Å². The molecule has 1 aromatic heterocycles. The fraction of sp³-hybridized carbons (Fsp3) is 0.250. The van der Waals surface area contributed by atoms with Gasteiger partial charge < -0.3 is 14.7 Å². The maximum absolute atomic E-state index is 12.8. The van der Waals surface area contributed by atoms with Gasteiger partial charge in [-0.3, -0.25) is 0 Å². The third kappa shape index (κ3) is 4.66. The molecule has 0 saturated heterocycles. The second-order valence-electron chi connectivity index (χ2n) is 8.72. The van der Waals surface area contributed by atoms with E-state index in [2.05, 4.69) is 28.1 Å². The highest BCUT2D eigenvalue weighted by atomic mass is 16.5. The Balaban J connectivity index is 2.04. The van der Waals surface area contributed by atoms with Crippen molar-refractivity contribution in [1.82, 2.24) is 9.88 Å². The lowest BCUT2D eigenvalue weighted by Gasteiger charge is -2.39. The predicted molar refractivity (Wildman–Crippen MR) is 135 cm³/mol. The second-order valence-corrected chi connectivity index (χ2v) is 8.72. The van der Waals surface area contributed by atoms with Crippen LogP contribution in [0.3, 0.4) is 0 Å². The average molecular weight is 436 g/mol. The smallest absolute Gasteiger partial charge is 0.216 e. The van der Waals surface area contributed by atoms with E-state index in [0.717, 1.165) is 27.5 Å². The minimum atomic E-state index is -1.25. The van der Waals surface area contributed by atoms with Crippen molar-refractivity contribution in [3.63, 3.8) is 0 Å². The number of nitrogens with zero attached hydrogens (tertiary/aromatic N) is 2. The molecule has 1 heterocycles. The fourth-order valence-electron chi connectivity index (χ4n) is 4.65. The molecule has 4 nitrogen and oxygen atoms in total. The van der Waals surface area contributed by atoms with E-state index < -0.39 is 11.5 Å². The first-order valence-electron chi connectivity index (χ1n) is 11.1. The lowest BCUT2D eigenvalue weighted by Crippen LogP contribution is -2.38. The first-order chi connectivity index (χ1) is 15.9. The SMILES string of the molecule is [B]c1cnc(OC)c(C(c2ccccc2)C(O)(CCN(C)C)c2cccc3ccccc23)c1. The monoisotopic (exact) mass is 436 g/mol. The van der Waals surface area contributed by atoms with E-state index in [4.69, 9.17) is 12.6 Å². The molecule has 0 aliphatic heterocycles. The zero-order valence-corrected chi connectivity index (χ0v) is 19.4. The van der Waals surface area contributed by atoms with E-state index in [1.807, 2.05) is 74.8 Å². The Bertz CT molecular complexity index is 1220. The lowest BCUT2D eigenvalue weighted by molar-refractivity contribution is 0.00518. The number of aliphatic hydroxyl groups is 1. The summed E-state index contributed by atoms with van der Waals surface area (Å²) in [5.41, 5.74) is 1.88. The lowest BCUT2D eigenvalue weighted by atomic mass is 9.70. The standard InChI is InChI=1S/C28H29BN2O2/c1-31(2)17-16-28(32,25-15-9-13-20-10-7-8-14-23(20)25)26(21-11-5-4-6-12-21)24-18-22(29)19-30-27(24)33-3/h4-15,18-19,26,32H,16-17H2,1-3H3. The predicted octanol–water partition coefficient (Wildman–Crippen LogP) is 4.01. The Morgan fingerprint density at radius 3 is 2.42 bits per heavy atom. The summed E-state index contributed by atoms with van der Waals surface area (Å²) in [5, 5.41) is 14.9. The van der Waals surface area contributed by atoms with Gasteiger partial charge in [0, 0.05) is 24.2 Å². The number of methoxy groups -OCH3 is 1. The molecule has 4 aromatic rings. The molecule has 5 heteroatoms. The summed E-state index contributed by atoms with van der Waals surface area (Å²) in [5.74, 6) is 0.0111. The number of hydrogen-bond acceptors (Lipinski definition) is 4. The molecule has 0 bridgehead atoms. The molecule has 0 fully saturated rings. The summed E-state index contributed by atoms with van der Waals surface area (Å²) in [7, 11) is 11.8. The van der Waals surface area contributed by atoms with Gasteiger partial charge in [-0.25, -0.2) is 4.98 Å². The van der Waals surface area contributed by atoms with Crippen LogP contribution in [0.4, 0.5) is 0 Å². The van der Waals surface area contributed by atoms with Gasteiger partial charge in [-0.15, -0.1) is 0 Å². The van der Waals surface area contributed by atoms with Crippen molar-refractivity contribution in [3.8, 4) is 5.88 Å². The summed E-state index contributed by atoms with van der Waals surface area (Å²) in [6.45, 7) is 0.696. The van der Waals surface area contributed by atoms with Crippen molar-refractivity contribution in [1.29, 1.82) is 0 Å². The third-order valence-electron chi connectivity index (χ3n) is 6.21. The molecule has 0 aliphatic carbocycles. The van der Waals surface area contributed by atoms with Crippen LogP contribution in [0.1, 0.15) is 29.0 Å². The van der Waals surface area contributed by atoms with Crippen LogP contribution >= 0.6 is 0 Å². The van der Waals surface area contributed by atoms with Gasteiger partial charge in [-0.1, -0.05) is 84.3 Å². The van der Waals surface area contributed by atoms with Crippen LogP contribution in [0.15, 0.2) is 85.1 Å². The van der Waals surface area contributed by atoms with Crippen molar-refractivity contribution in [3.05, 3.63) is 102 Å². The summed E-state index contributed by atoms with van der Waals surface area (Å²) in [6.07, 6.45) is 2.09.